The fraction of sp³-hybridized carbons (Fsp3) is 0.840. The third kappa shape index (κ3) is 4.43. The molecule has 6 nitrogen and oxygen atoms in total. The first-order valence-corrected chi connectivity index (χ1v) is 11.8. The van der Waals surface area contributed by atoms with Crippen molar-refractivity contribution in [1.82, 2.24) is 4.90 Å². The number of aliphatic hydroxyl groups excluding tert-OH is 1. The highest BCUT2D eigenvalue weighted by molar-refractivity contribution is 5.83. The maximum absolute atomic E-state index is 12.8. The third-order valence-electron chi connectivity index (χ3n) is 8.85. The van der Waals surface area contributed by atoms with Crippen LogP contribution in [0.5, 0.6) is 0 Å². The molecule has 0 amide bonds. The van der Waals surface area contributed by atoms with E-state index in [2.05, 4.69) is 13.8 Å². The maximum Gasteiger partial charge on any atom is 0.330 e. The van der Waals surface area contributed by atoms with E-state index in [4.69, 9.17) is 9.47 Å². The van der Waals surface area contributed by atoms with Crippen LogP contribution in [0, 0.1) is 34.5 Å². The number of aliphatic hydroxyl groups is 1. The Labute approximate surface area is 187 Å². The average Bonchev–Trinajstić information content (AvgIpc) is 2.70. The van der Waals surface area contributed by atoms with Gasteiger partial charge in [-0.3, -0.25) is 4.79 Å². The van der Waals surface area contributed by atoms with Crippen molar-refractivity contribution in [2.75, 3.05) is 34.4 Å². The van der Waals surface area contributed by atoms with Gasteiger partial charge in [-0.05, 0) is 82.2 Å². The Morgan fingerprint density at radius 3 is 2.61 bits per heavy atom. The van der Waals surface area contributed by atoms with Gasteiger partial charge in [0.2, 0.25) is 0 Å². The first-order chi connectivity index (χ1) is 14.5. The summed E-state index contributed by atoms with van der Waals surface area (Å²) in [6.07, 6.45) is 6.49. The second-order valence-corrected chi connectivity index (χ2v) is 10.8. The molecule has 3 fully saturated rings. The number of ether oxygens (including phenoxy) is 2. The van der Waals surface area contributed by atoms with Crippen LogP contribution in [0.15, 0.2) is 11.6 Å². The second-order valence-electron chi connectivity index (χ2n) is 10.8. The highest BCUT2D eigenvalue weighted by Crippen LogP contribution is 2.65. The van der Waals surface area contributed by atoms with Crippen molar-refractivity contribution in [2.45, 2.75) is 65.4 Å². The molecule has 176 valence electrons. The quantitative estimate of drug-likeness (QED) is 0.527. The van der Waals surface area contributed by atoms with Gasteiger partial charge >= 0.3 is 11.9 Å². The number of carbonyl (C=O) groups excluding carboxylic acids is 2. The van der Waals surface area contributed by atoms with Crippen molar-refractivity contribution < 1.29 is 24.2 Å². The standard InChI is InChI=1S/C25H41NO5/c1-16-17(14-21(28)31-13-12-26(4)5)8-9-18-22(16)19(27)15-20-24(18,2)10-7-11-25(20,3)23(29)30-6/h14,16,18-20,22,27H,7-13,15H2,1-6H3/b17-14-/t16-,18-,19-,20+,22-,24+,25-/m0/s1. The molecule has 0 aromatic carbocycles. The minimum atomic E-state index is -0.538. The zero-order chi connectivity index (χ0) is 23.0. The zero-order valence-electron chi connectivity index (χ0n) is 20.1. The topological polar surface area (TPSA) is 76.1 Å². The number of rotatable bonds is 5. The molecule has 3 aliphatic rings. The molecule has 3 aliphatic carbocycles. The van der Waals surface area contributed by atoms with E-state index in [1.165, 1.54) is 7.11 Å². The van der Waals surface area contributed by atoms with Gasteiger partial charge in [0.15, 0.2) is 0 Å². The van der Waals surface area contributed by atoms with E-state index in [1.54, 1.807) is 6.08 Å². The fourth-order valence-corrected chi connectivity index (χ4v) is 7.20. The Morgan fingerprint density at radius 1 is 1.26 bits per heavy atom. The molecule has 31 heavy (non-hydrogen) atoms. The number of hydrogen-bond acceptors (Lipinski definition) is 6. The van der Waals surface area contributed by atoms with Gasteiger partial charge in [-0.15, -0.1) is 0 Å². The van der Waals surface area contributed by atoms with Crippen LogP contribution >= 0.6 is 0 Å². The smallest absolute Gasteiger partial charge is 0.330 e. The number of methoxy groups -OCH3 is 1. The summed E-state index contributed by atoms with van der Waals surface area (Å²) in [5.74, 6) is 0.259. The van der Waals surface area contributed by atoms with Crippen molar-refractivity contribution in [2.24, 2.45) is 34.5 Å². The van der Waals surface area contributed by atoms with Crippen molar-refractivity contribution in [1.29, 1.82) is 0 Å². The molecule has 6 heteroatoms. The Bertz CT molecular complexity index is 719. The maximum atomic E-state index is 12.8. The van der Waals surface area contributed by atoms with E-state index >= 15 is 0 Å². The number of nitrogens with zero attached hydrogens (tertiary/aromatic N) is 1. The first kappa shape index (κ1) is 24.2. The lowest BCUT2D eigenvalue weighted by Crippen LogP contribution is -2.60. The molecule has 3 rings (SSSR count). The molecule has 0 saturated heterocycles. The fourth-order valence-electron chi connectivity index (χ4n) is 7.20. The summed E-state index contributed by atoms with van der Waals surface area (Å²) in [6.45, 7) is 7.59. The van der Waals surface area contributed by atoms with E-state index < -0.39 is 11.5 Å². The second kappa shape index (κ2) is 9.22. The van der Waals surface area contributed by atoms with Gasteiger partial charge < -0.3 is 19.5 Å². The van der Waals surface area contributed by atoms with Gasteiger partial charge in [-0.1, -0.05) is 25.8 Å². The van der Waals surface area contributed by atoms with Crippen molar-refractivity contribution >= 4 is 11.9 Å². The molecular formula is C25H41NO5. The largest absolute Gasteiger partial charge is 0.469 e. The predicted octanol–water partition coefficient (Wildman–Crippen LogP) is 3.43. The molecule has 0 radical (unpaired) electrons. The summed E-state index contributed by atoms with van der Waals surface area (Å²) in [4.78, 5) is 27.1. The molecule has 0 aromatic rings. The summed E-state index contributed by atoms with van der Waals surface area (Å²) in [5.41, 5.74) is 0.546. The van der Waals surface area contributed by atoms with Gasteiger partial charge in [0.1, 0.15) is 6.61 Å². The molecule has 1 N–H and O–H groups in total. The van der Waals surface area contributed by atoms with Crippen LogP contribution in [0.4, 0.5) is 0 Å². The van der Waals surface area contributed by atoms with Crippen molar-refractivity contribution in [3.8, 4) is 0 Å². The summed E-state index contributed by atoms with van der Waals surface area (Å²) in [5, 5.41) is 11.3. The van der Waals surface area contributed by atoms with Gasteiger partial charge in [-0.25, -0.2) is 4.79 Å². The van der Waals surface area contributed by atoms with E-state index in [1.807, 2.05) is 25.9 Å². The van der Waals surface area contributed by atoms with Crippen LogP contribution in [0.2, 0.25) is 0 Å². The number of allylic oxidation sites excluding steroid dienone is 1. The van der Waals surface area contributed by atoms with Gasteiger partial charge in [0.05, 0.1) is 18.6 Å². The van der Waals surface area contributed by atoms with E-state index in [-0.39, 0.29) is 35.1 Å². The third-order valence-corrected chi connectivity index (χ3v) is 8.85. The molecule has 7 atom stereocenters. The van der Waals surface area contributed by atoms with E-state index in [9.17, 15) is 14.7 Å². The lowest BCUT2D eigenvalue weighted by atomic mass is 9.42. The average molecular weight is 436 g/mol. The van der Waals surface area contributed by atoms with Crippen molar-refractivity contribution in [3.63, 3.8) is 0 Å². The van der Waals surface area contributed by atoms with Crippen LogP contribution < -0.4 is 0 Å². The normalized spacial score (nSPS) is 41.4. The first-order valence-electron chi connectivity index (χ1n) is 11.8. The monoisotopic (exact) mass is 435 g/mol. The van der Waals surface area contributed by atoms with Crippen LogP contribution in [0.25, 0.3) is 0 Å². The minimum Gasteiger partial charge on any atom is -0.469 e. The van der Waals surface area contributed by atoms with E-state index in [0.29, 0.717) is 25.5 Å². The van der Waals surface area contributed by atoms with E-state index in [0.717, 1.165) is 37.7 Å². The number of esters is 2. The Hall–Kier alpha value is -1.40. The summed E-state index contributed by atoms with van der Waals surface area (Å²) in [6, 6.07) is 0. The summed E-state index contributed by atoms with van der Waals surface area (Å²) >= 11 is 0. The molecule has 0 spiro atoms. The number of carbonyl (C=O) groups is 2. The summed E-state index contributed by atoms with van der Waals surface area (Å²) in [7, 11) is 5.37. The minimum absolute atomic E-state index is 0.00288. The molecule has 3 saturated carbocycles. The number of hydrogen-bond donors (Lipinski definition) is 1. The van der Waals surface area contributed by atoms with Crippen LogP contribution in [0.1, 0.15) is 59.3 Å². The molecule has 0 bridgehead atoms. The number of likely N-dealkylation sites (N-methyl/N-ethyl adjacent to an activating group) is 1. The lowest BCUT2D eigenvalue weighted by molar-refractivity contribution is -0.189. The lowest BCUT2D eigenvalue weighted by Gasteiger charge is -2.62. The summed E-state index contributed by atoms with van der Waals surface area (Å²) < 4.78 is 10.6. The Balaban J connectivity index is 1.80. The molecule has 0 heterocycles. The van der Waals surface area contributed by atoms with Crippen LogP contribution in [0.3, 0.4) is 0 Å². The highest BCUT2D eigenvalue weighted by Gasteiger charge is 2.62. The zero-order valence-corrected chi connectivity index (χ0v) is 20.1. The number of fused-ring (bicyclic) bond motifs is 3. The molecule has 0 aliphatic heterocycles. The van der Waals surface area contributed by atoms with Crippen molar-refractivity contribution in [3.05, 3.63) is 11.6 Å². The van der Waals surface area contributed by atoms with Gasteiger partial charge in [0, 0.05) is 12.6 Å². The Morgan fingerprint density at radius 2 is 1.97 bits per heavy atom. The van der Waals surface area contributed by atoms with Crippen LogP contribution in [-0.2, 0) is 19.1 Å². The molecular weight excluding hydrogens is 394 g/mol. The highest BCUT2D eigenvalue weighted by atomic mass is 16.5. The van der Waals surface area contributed by atoms with Crippen LogP contribution in [-0.4, -0.2) is 62.4 Å². The SMILES string of the molecule is COC(=O)[C@@]1(C)CCC[C@@]2(C)[C@H]1C[C@H](O)[C@H]1[C@@H](C)/C(=C\C(=O)OCCN(C)C)CC[C@@H]12. The predicted molar refractivity (Wildman–Crippen MR) is 119 cm³/mol. The molecule has 0 aromatic heterocycles. The van der Waals surface area contributed by atoms with Gasteiger partial charge in [0.25, 0.3) is 0 Å². The molecule has 0 unspecified atom stereocenters. The Kier molecular flexibility index (Phi) is 7.21. The van der Waals surface area contributed by atoms with Gasteiger partial charge in [-0.2, -0.15) is 0 Å².